The van der Waals surface area contributed by atoms with Gasteiger partial charge in [-0.25, -0.2) is 8.78 Å². The van der Waals surface area contributed by atoms with Gasteiger partial charge in [0.1, 0.15) is 0 Å². The molecule has 0 aromatic heterocycles. The van der Waals surface area contributed by atoms with Crippen LogP contribution in [0.25, 0.3) is 6.08 Å². The number of fused-ring (bicyclic) bond motifs is 1. The molecule has 12 heavy (non-hydrogen) atoms. The summed E-state index contributed by atoms with van der Waals surface area (Å²) in [5.74, 6) is -2.18. The zero-order chi connectivity index (χ0) is 8.72. The fourth-order valence-electron chi connectivity index (χ4n) is 1.17. The maximum Gasteiger partial charge on any atom is 0.186 e. The zero-order valence-electron chi connectivity index (χ0n) is 5.97. The summed E-state index contributed by atoms with van der Waals surface area (Å²) in [6.45, 7) is 0. The first-order chi connectivity index (χ1) is 5.68. The normalized spacial score (nSPS) is 13.7. The van der Waals surface area contributed by atoms with Crippen LogP contribution in [-0.2, 0) is 0 Å². The highest BCUT2D eigenvalue weighted by molar-refractivity contribution is 6.13. The summed E-state index contributed by atoms with van der Waals surface area (Å²) in [6.07, 6.45) is 2.77. The van der Waals surface area contributed by atoms with E-state index in [0.717, 1.165) is 12.1 Å². The van der Waals surface area contributed by atoms with Crippen molar-refractivity contribution in [2.75, 3.05) is 0 Å². The van der Waals surface area contributed by atoms with E-state index in [1.807, 2.05) is 0 Å². The molecule has 1 aromatic rings. The minimum absolute atomic E-state index is 0.230. The van der Waals surface area contributed by atoms with Crippen LogP contribution in [0.2, 0.25) is 0 Å². The third-order valence-corrected chi connectivity index (χ3v) is 1.77. The quantitative estimate of drug-likeness (QED) is 0.577. The molecule has 0 N–H and O–H groups in total. The first-order valence-corrected chi connectivity index (χ1v) is 3.40. The fraction of sp³-hybridized carbons (Fsp3) is 0. The zero-order valence-corrected chi connectivity index (χ0v) is 5.97. The second-order valence-corrected chi connectivity index (χ2v) is 2.55. The van der Waals surface area contributed by atoms with Crippen LogP contribution in [0.3, 0.4) is 0 Å². The maximum atomic E-state index is 12.6. The van der Waals surface area contributed by atoms with Crippen LogP contribution in [-0.4, -0.2) is 5.78 Å². The Balaban J connectivity index is 2.69. The predicted molar refractivity (Wildman–Crippen MR) is 39.7 cm³/mol. The number of carbonyl (C=O) groups is 1. The van der Waals surface area contributed by atoms with Gasteiger partial charge in [0.15, 0.2) is 17.4 Å². The summed E-state index contributed by atoms with van der Waals surface area (Å²) < 4.78 is 25.2. The number of ketones is 1. The second kappa shape index (κ2) is 2.24. The van der Waals surface area contributed by atoms with E-state index >= 15 is 0 Å². The molecule has 0 amide bonds. The van der Waals surface area contributed by atoms with Gasteiger partial charge < -0.3 is 0 Å². The van der Waals surface area contributed by atoms with Gasteiger partial charge in [0, 0.05) is 5.56 Å². The lowest BCUT2D eigenvalue weighted by molar-refractivity contribution is 0.104. The molecule has 0 saturated heterocycles. The Hall–Kier alpha value is -1.51. The van der Waals surface area contributed by atoms with Crippen molar-refractivity contribution in [3.05, 3.63) is 41.0 Å². The van der Waals surface area contributed by atoms with Crippen LogP contribution in [0, 0.1) is 11.6 Å². The van der Waals surface area contributed by atoms with Crippen molar-refractivity contribution in [3.63, 3.8) is 0 Å². The molecule has 0 radical (unpaired) electrons. The number of allylic oxidation sites excluding steroid dienone is 1. The monoisotopic (exact) mass is 166 g/mol. The average Bonchev–Trinajstić information content (AvgIpc) is 2.35. The Bertz CT molecular complexity index is 394. The number of hydrogen-bond donors (Lipinski definition) is 0. The minimum atomic E-state index is -0.981. The average molecular weight is 166 g/mol. The lowest BCUT2D eigenvalue weighted by Crippen LogP contribution is -1.95. The molecule has 1 aliphatic carbocycles. The Morgan fingerprint density at radius 2 is 1.67 bits per heavy atom. The van der Waals surface area contributed by atoms with Crippen molar-refractivity contribution in [1.29, 1.82) is 0 Å². The van der Waals surface area contributed by atoms with E-state index in [1.165, 1.54) is 12.2 Å². The van der Waals surface area contributed by atoms with E-state index in [2.05, 4.69) is 0 Å². The van der Waals surface area contributed by atoms with Crippen LogP contribution in [0.4, 0.5) is 8.78 Å². The number of rotatable bonds is 0. The number of hydrogen-bond acceptors (Lipinski definition) is 1. The van der Waals surface area contributed by atoms with Crippen molar-refractivity contribution >= 4 is 11.9 Å². The lowest BCUT2D eigenvalue weighted by atomic mass is 10.1. The van der Waals surface area contributed by atoms with Gasteiger partial charge in [-0.3, -0.25) is 4.79 Å². The number of benzene rings is 1. The standard InChI is InChI=1S/C9H4F2O/c10-7-3-5-1-2-9(12)6(5)4-8(7)11/h1-4H. The fourth-order valence-corrected chi connectivity index (χ4v) is 1.17. The topological polar surface area (TPSA) is 17.1 Å². The van der Waals surface area contributed by atoms with Gasteiger partial charge in [-0.2, -0.15) is 0 Å². The van der Waals surface area contributed by atoms with Gasteiger partial charge in [0.25, 0.3) is 0 Å². The van der Waals surface area contributed by atoms with Gasteiger partial charge in [0.05, 0.1) is 0 Å². The van der Waals surface area contributed by atoms with Gasteiger partial charge in [-0.05, 0) is 23.8 Å². The van der Waals surface area contributed by atoms with Crippen molar-refractivity contribution < 1.29 is 13.6 Å². The third kappa shape index (κ3) is 0.863. The molecule has 2 rings (SSSR count). The summed E-state index contributed by atoms with van der Waals surface area (Å²) in [5.41, 5.74) is 0.674. The summed E-state index contributed by atoms with van der Waals surface area (Å²) in [6, 6.07) is 1.94. The molecular weight excluding hydrogens is 162 g/mol. The predicted octanol–water partition coefficient (Wildman–Crippen LogP) is 2.17. The van der Waals surface area contributed by atoms with Crippen molar-refractivity contribution in [1.82, 2.24) is 0 Å². The molecule has 0 unspecified atom stereocenters. The smallest absolute Gasteiger partial charge is 0.186 e. The molecular formula is C9H4F2O. The molecule has 0 fully saturated rings. The minimum Gasteiger partial charge on any atom is -0.289 e. The van der Waals surface area contributed by atoms with Crippen molar-refractivity contribution in [3.8, 4) is 0 Å². The van der Waals surface area contributed by atoms with E-state index < -0.39 is 11.6 Å². The number of carbonyl (C=O) groups excluding carboxylic acids is 1. The van der Waals surface area contributed by atoms with E-state index in [9.17, 15) is 13.6 Å². The summed E-state index contributed by atoms with van der Waals surface area (Å²) in [7, 11) is 0. The highest BCUT2D eigenvalue weighted by Crippen LogP contribution is 2.22. The maximum absolute atomic E-state index is 12.6. The molecule has 1 aliphatic rings. The lowest BCUT2D eigenvalue weighted by Gasteiger charge is -1.97. The Labute approximate surface area is 67.3 Å². The Morgan fingerprint density at radius 1 is 1.00 bits per heavy atom. The molecule has 1 aromatic carbocycles. The summed E-state index contributed by atoms with van der Waals surface area (Å²) >= 11 is 0. The van der Waals surface area contributed by atoms with Crippen LogP contribution in [0.1, 0.15) is 15.9 Å². The van der Waals surface area contributed by atoms with E-state index in [-0.39, 0.29) is 11.3 Å². The van der Waals surface area contributed by atoms with Crippen LogP contribution in [0.5, 0.6) is 0 Å². The first-order valence-electron chi connectivity index (χ1n) is 3.40. The molecule has 0 spiro atoms. The van der Waals surface area contributed by atoms with Gasteiger partial charge >= 0.3 is 0 Å². The first kappa shape index (κ1) is 7.16. The molecule has 0 atom stereocenters. The molecule has 60 valence electrons. The van der Waals surface area contributed by atoms with E-state index in [0.29, 0.717) is 5.56 Å². The van der Waals surface area contributed by atoms with Crippen LogP contribution >= 0.6 is 0 Å². The molecule has 3 heteroatoms. The van der Waals surface area contributed by atoms with Crippen molar-refractivity contribution in [2.45, 2.75) is 0 Å². The highest BCUT2D eigenvalue weighted by Gasteiger charge is 2.16. The number of halogens is 2. The molecule has 0 heterocycles. The summed E-state index contributed by atoms with van der Waals surface area (Å²) in [4.78, 5) is 11.0. The largest absolute Gasteiger partial charge is 0.289 e. The summed E-state index contributed by atoms with van der Waals surface area (Å²) in [5, 5.41) is 0. The van der Waals surface area contributed by atoms with Crippen LogP contribution in [0.15, 0.2) is 18.2 Å². The van der Waals surface area contributed by atoms with Crippen LogP contribution < -0.4 is 0 Å². The third-order valence-electron chi connectivity index (χ3n) is 1.77. The van der Waals surface area contributed by atoms with Crippen molar-refractivity contribution in [2.24, 2.45) is 0 Å². The SMILES string of the molecule is O=C1C=Cc2cc(F)c(F)cc21. The molecule has 0 bridgehead atoms. The van der Waals surface area contributed by atoms with E-state index in [1.54, 1.807) is 0 Å². The van der Waals surface area contributed by atoms with Gasteiger partial charge in [0.2, 0.25) is 0 Å². The Morgan fingerprint density at radius 3 is 2.42 bits per heavy atom. The molecule has 0 aliphatic heterocycles. The Kier molecular flexibility index (Phi) is 1.33. The van der Waals surface area contributed by atoms with Gasteiger partial charge in [-0.1, -0.05) is 6.08 Å². The van der Waals surface area contributed by atoms with E-state index in [4.69, 9.17) is 0 Å². The van der Waals surface area contributed by atoms with Gasteiger partial charge in [-0.15, -0.1) is 0 Å². The molecule has 1 nitrogen and oxygen atoms in total. The molecule has 0 saturated carbocycles. The highest BCUT2D eigenvalue weighted by atomic mass is 19.2. The second-order valence-electron chi connectivity index (χ2n) is 2.55.